The van der Waals surface area contributed by atoms with Crippen LogP contribution in [0, 0.1) is 10.8 Å². The zero-order chi connectivity index (χ0) is 12.5. The number of hydrogen-bond acceptors (Lipinski definition) is 2. The number of hydrogen-bond donors (Lipinski definition) is 2. The zero-order valence-corrected chi connectivity index (χ0v) is 12.1. The monoisotopic (exact) mass is 238 g/mol. The quantitative estimate of drug-likeness (QED) is 0.790. The molecule has 17 heavy (non-hydrogen) atoms. The number of piperidine rings is 1. The van der Waals surface area contributed by atoms with Gasteiger partial charge < -0.3 is 10.6 Å². The van der Waals surface area contributed by atoms with Crippen molar-refractivity contribution in [2.45, 2.75) is 71.9 Å². The highest BCUT2D eigenvalue weighted by atomic mass is 15.0. The molecule has 1 saturated heterocycles. The van der Waals surface area contributed by atoms with Crippen LogP contribution < -0.4 is 10.6 Å². The van der Waals surface area contributed by atoms with Gasteiger partial charge in [0, 0.05) is 18.6 Å². The third kappa shape index (κ3) is 3.45. The maximum absolute atomic E-state index is 3.80. The molecule has 100 valence electrons. The second-order valence-corrected chi connectivity index (χ2v) is 7.61. The first-order valence-corrected chi connectivity index (χ1v) is 7.36. The van der Waals surface area contributed by atoms with Crippen molar-refractivity contribution < 1.29 is 0 Å². The van der Waals surface area contributed by atoms with E-state index in [2.05, 4.69) is 38.3 Å². The minimum Gasteiger partial charge on any atom is -0.312 e. The topological polar surface area (TPSA) is 24.1 Å². The van der Waals surface area contributed by atoms with Gasteiger partial charge in [-0.2, -0.15) is 0 Å². The van der Waals surface area contributed by atoms with E-state index in [4.69, 9.17) is 0 Å². The van der Waals surface area contributed by atoms with Gasteiger partial charge in [-0.1, -0.05) is 27.7 Å². The average molecular weight is 238 g/mol. The van der Waals surface area contributed by atoms with Crippen molar-refractivity contribution in [1.82, 2.24) is 10.6 Å². The van der Waals surface area contributed by atoms with Gasteiger partial charge in [0.25, 0.3) is 0 Å². The van der Waals surface area contributed by atoms with Crippen molar-refractivity contribution in [3.8, 4) is 0 Å². The molecule has 0 radical (unpaired) electrons. The third-order valence-corrected chi connectivity index (χ3v) is 4.91. The molecular formula is C15H30N2. The van der Waals surface area contributed by atoms with Crippen molar-refractivity contribution in [1.29, 1.82) is 0 Å². The summed E-state index contributed by atoms with van der Waals surface area (Å²) >= 11 is 0. The molecule has 2 N–H and O–H groups in total. The summed E-state index contributed by atoms with van der Waals surface area (Å²) < 4.78 is 0. The molecule has 0 spiro atoms. The molecule has 1 heterocycles. The lowest BCUT2D eigenvalue weighted by atomic mass is 9.77. The zero-order valence-electron chi connectivity index (χ0n) is 12.1. The van der Waals surface area contributed by atoms with Crippen LogP contribution in [0.1, 0.15) is 59.8 Å². The Hall–Kier alpha value is -0.0800. The van der Waals surface area contributed by atoms with Crippen molar-refractivity contribution in [3.63, 3.8) is 0 Å². The second-order valence-electron chi connectivity index (χ2n) is 7.61. The lowest BCUT2D eigenvalue weighted by Gasteiger charge is -2.40. The Morgan fingerprint density at radius 1 is 1.18 bits per heavy atom. The Labute approximate surface area is 107 Å². The van der Waals surface area contributed by atoms with Gasteiger partial charge in [-0.25, -0.2) is 0 Å². The van der Waals surface area contributed by atoms with E-state index in [0.717, 1.165) is 12.6 Å². The van der Waals surface area contributed by atoms with Gasteiger partial charge in [-0.15, -0.1) is 0 Å². The van der Waals surface area contributed by atoms with E-state index in [-0.39, 0.29) is 0 Å². The second kappa shape index (κ2) is 4.89. The number of rotatable bonds is 3. The SMILES string of the molecule is CC1(C)CCC(NCC2NCCCC2(C)C)C1. The maximum Gasteiger partial charge on any atom is 0.0243 e. The molecule has 1 aliphatic carbocycles. The van der Waals surface area contributed by atoms with Gasteiger partial charge in [0.05, 0.1) is 0 Å². The minimum atomic E-state index is 0.458. The van der Waals surface area contributed by atoms with Crippen molar-refractivity contribution in [2.24, 2.45) is 10.8 Å². The fourth-order valence-corrected chi connectivity index (χ4v) is 3.51. The van der Waals surface area contributed by atoms with Crippen molar-refractivity contribution >= 4 is 0 Å². The molecule has 2 unspecified atom stereocenters. The smallest absolute Gasteiger partial charge is 0.0243 e. The van der Waals surface area contributed by atoms with Crippen molar-refractivity contribution in [3.05, 3.63) is 0 Å². The molecule has 2 rings (SSSR count). The molecule has 0 aromatic heterocycles. The molecule has 2 fully saturated rings. The first kappa shape index (κ1) is 13.4. The van der Waals surface area contributed by atoms with Gasteiger partial charge >= 0.3 is 0 Å². The van der Waals surface area contributed by atoms with Gasteiger partial charge in [-0.05, 0) is 49.5 Å². The van der Waals surface area contributed by atoms with Gasteiger partial charge in [0.15, 0.2) is 0 Å². The summed E-state index contributed by atoms with van der Waals surface area (Å²) in [6.07, 6.45) is 6.79. The normalized spacial score (nSPS) is 36.0. The maximum atomic E-state index is 3.80. The molecule has 2 nitrogen and oxygen atoms in total. The highest BCUT2D eigenvalue weighted by molar-refractivity contribution is 4.92. The van der Waals surface area contributed by atoms with Crippen LogP contribution in [0.5, 0.6) is 0 Å². The Morgan fingerprint density at radius 3 is 2.53 bits per heavy atom. The molecule has 0 aromatic carbocycles. The first-order chi connectivity index (χ1) is 7.89. The Bertz CT molecular complexity index is 258. The third-order valence-electron chi connectivity index (χ3n) is 4.91. The molecule has 2 aliphatic rings. The van der Waals surface area contributed by atoms with Crippen LogP contribution in [0.3, 0.4) is 0 Å². The summed E-state index contributed by atoms with van der Waals surface area (Å²) in [5, 5.41) is 7.49. The molecule has 1 saturated carbocycles. The van der Waals surface area contributed by atoms with E-state index < -0.39 is 0 Å². The predicted molar refractivity (Wildman–Crippen MR) is 74.2 cm³/mol. The van der Waals surface area contributed by atoms with Crippen LogP contribution in [-0.2, 0) is 0 Å². The Morgan fingerprint density at radius 2 is 1.94 bits per heavy atom. The molecule has 0 amide bonds. The summed E-state index contributed by atoms with van der Waals surface area (Å²) in [5.41, 5.74) is 1.02. The van der Waals surface area contributed by atoms with E-state index in [9.17, 15) is 0 Å². The first-order valence-electron chi connectivity index (χ1n) is 7.36. The van der Waals surface area contributed by atoms with Gasteiger partial charge in [0.1, 0.15) is 0 Å². The van der Waals surface area contributed by atoms with Gasteiger partial charge in [-0.3, -0.25) is 0 Å². The minimum absolute atomic E-state index is 0.458. The average Bonchev–Trinajstić information content (AvgIpc) is 2.56. The lowest BCUT2D eigenvalue weighted by Crippen LogP contribution is -2.53. The van der Waals surface area contributed by atoms with Gasteiger partial charge in [0.2, 0.25) is 0 Å². The van der Waals surface area contributed by atoms with Crippen LogP contribution in [-0.4, -0.2) is 25.2 Å². The molecule has 0 aromatic rings. The van der Waals surface area contributed by atoms with E-state index in [0.29, 0.717) is 16.9 Å². The summed E-state index contributed by atoms with van der Waals surface area (Å²) in [5.74, 6) is 0. The summed E-state index contributed by atoms with van der Waals surface area (Å²) in [4.78, 5) is 0. The van der Waals surface area contributed by atoms with E-state index in [1.165, 1.54) is 38.6 Å². The van der Waals surface area contributed by atoms with E-state index >= 15 is 0 Å². The lowest BCUT2D eigenvalue weighted by molar-refractivity contribution is 0.172. The van der Waals surface area contributed by atoms with E-state index in [1.54, 1.807) is 0 Å². The Kier molecular flexibility index (Phi) is 3.84. The number of nitrogens with one attached hydrogen (secondary N) is 2. The van der Waals surface area contributed by atoms with Crippen LogP contribution in [0.25, 0.3) is 0 Å². The standard InChI is InChI=1S/C15H30N2/c1-14(2)8-6-12(10-14)17-11-13-15(3,4)7-5-9-16-13/h12-13,16-17H,5-11H2,1-4H3. The van der Waals surface area contributed by atoms with Crippen LogP contribution >= 0.6 is 0 Å². The highest BCUT2D eigenvalue weighted by Gasteiger charge is 2.34. The molecule has 2 atom stereocenters. The summed E-state index contributed by atoms with van der Waals surface area (Å²) in [6.45, 7) is 12.0. The van der Waals surface area contributed by atoms with Crippen LogP contribution in [0.2, 0.25) is 0 Å². The molecule has 0 bridgehead atoms. The summed E-state index contributed by atoms with van der Waals surface area (Å²) in [7, 11) is 0. The summed E-state index contributed by atoms with van der Waals surface area (Å²) in [6, 6.07) is 1.41. The van der Waals surface area contributed by atoms with E-state index in [1.807, 2.05) is 0 Å². The Balaban J connectivity index is 1.78. The van der Waals surface area contributed by atoms with Crippen LogP contribution in [0.4, 0.5) is 0 Å². The molecule has 2 heteroatoms. The van der Waals surface area contributed by atoms with Crippen LogP contribution in [0.15, 0.2) is 0 Å². The predicted octanol–water partition coefficient (Wildman–Crippen LogP) is 2.93. The highest BCUT2D eigenvalue weighted by Crippen LogP contribution is 2.37. The van der Waals surface area contributed by atoms with Crippen molar-refractivity contribution in [2.75, 3.05) is 13.1 Å². The fourth-order valence-electron chi connectivity index (χ4n) is 3.51. The largest absolute Gasteiger partial charge is 0.312 e. The fraction of sp³-hybridized carbons (Fsp3) is 1.00. The molecular weight excluding hydrogens is 208 g/mol. The molecule has 1 aliphatic heterocycles.